The van der Waals surface area contributed by atoms with Gasteiger partial charge in [0.1, 0.15) is 11.4 Å². The number of nitrogens with two attached hydrogens (primary N) is 1. The number of hydrogen-bond donors (Lipinski definition) is 1. The molecule has 2 heteroatoms. The Kier molecular flexibility index (Phi) is 3.80. The van der Waals surface area contributed by atoms with Gasteiger partial charge < -0.3 is 10.5 Å². The summed E-state index contributed by atoms with van der Waals surface area (Å²) in [4.78, 5) is 0. The van der Waals surface area contributed by atoms with Gasteiger partial charge in [0, 0.05) is 17.5 Å². The molecule has 2 aliphatic rings. The summed E-state index contributed by atoms with van der Waals surface area (Å²) in [5, 5.41) is 0. The van der Waals surface area contributed by atoms with Crippen LogP contribution >= 0.6 is 0 Å². The molecule has 2 unspecified atom stereocenters. The van der Waals surface area contributed by atoms with E-state index in [9.17, 15) is 0 Å². The molecule has 0 amide bonds. The quantitative estimate of drug-likeness (QED) is 0.887. The number of fused-ring (bicyclic) bond motifs is 1. The standard InChI is InChI=1S/C20H27NO/c1-13-14(2)19-17(12-20(3,4)22-19)16(18(13)21)11-10-15-8-6-5-7-9-15/h5-9,16-17H,10-12,21H2,1-4H3. The van der Waals surface area contributed by atoms with Crippen molar-refractivity contribution in [3.05, 3.63) is 58.5 Å². The fraction of sp³-hybridized carbons (Fsp3) is 0.500. The van der Waals surface area contributed by atoms with E-state index in [0.717, 1.165) is 25.0 Å². The number of hydrogen-bond acceptors (Lipinski definition) is 2. The minimum Gasteiger partial charge on any atom is -0.492 e. The Morgan fingerprint density at radius 1 is 1.14 bits per heavy atom. The molecule has 1 saturated heterocycles. The van der Waals surface area contributed by atoms with Gasteiger partial charge in [0.2, 0.25) is 0 Å². The second kappa shape index (κ2) is 5.49. The molecular weight excluding hydrogens is 270 g/mol. The highest BCUT2D eigenvalue weighted by Crippen LogP contribution is 2.49. The molecule has 3 rings (SSSR count). The number of aryl methyl sites for hydroxylation is 1. The largest absolute Gasteiger partial charge is 0.492 e. The summed E-state index contributed by atoms with van der Waals surface area (Å²) < 4.78 is 6.26. The molecule has 118 valence electrons. The molecule has 0 bridgehead atoms. The minimum absolute atomic E-state index is 0.0723. The SMILES string of the molecule is CC1=C(N)C(CCc2ccccc2)C2CC(C)(C)OC2=C1C. The summed E-state index contributed by atoms with van der Waals surface area (Å²) in [6.07, 6.45) is 3.23. The van der Waals surface area contributed by atoms with Crippen molar-refractivity contribution in [2.45, 2.75) is 52.6 Å². The van der Waals surface area contributed by atoms with Crippen LogP contribution in [0.2, 0.25) is 0 Å². The van der Waals surface area contributed by atoms with E-state index in [1.54, 1.807) is 0 Å². The predicted octanol–water partition coefficient (Wildman–Crippen LogP) is 4.57. The molecule has 0 spiro atoms. The lowest BCUT2D eigenvalue weighted by Crippen LogP contribution is -2.28. The van der Waals surface area contributed by atoms with Gasteiger partial charge >= 0.3 is 0 Å². The van der Waals surface area contributed by atoms with Crippen molar-refractivity contribution in [3.63, 3.8) is 0 Å². The van der Waals surface area contributed by atoms with E-state index in [2.05, 4.69) is 58.0 Å². The highest BCUT2D eigenvalue weighted by molar-refractivity contribution is 5.41. The van der Waals surface area contributed by atoms with Crippen LogP contribution in [-0.4, -0.2) is 5.60 Å². The average molecular weight is 297 g/mol. The summed E-state index contributed by atoms with van der Waals surface area (Å²) in [5.74, 6) is 2.04. The van der Waals surface area contributed by atoms with Gasteiger partial charge in [0.05, 0.1) is 0 Å². The summed E-state index contributed by atoms with van der Waals surface area (Å²) in [6, 6.07) is 10.7. The topological polar surface area (TPSA) is 35.2 Å². The van der Waals surface area contributed by atoms with E-state index in [0.29, 0.717) is 11.8 Å². The van der Waals surface area contributed by atoms with Crippen molar-refractivity contribution in [3.8, 4) is 0 Å². The molecule has 2 atom stereocenters. The lowest BCUT2D eigenvalue weighted by Gasteiger charge is -2.31. The Morgan fingerprint density at radius 3 is 2.50 bits per heavy atom. The zero-order valence-electron chi connectivity index (χ0n) is 14.1. The Labute approximate surface area is 134 Å². The first-order valence-electron chi connectivity index (χ1n) is 8.29. The van der Waals surface area contributed by atoms with Gasteiger partial charge in [-0.1, -0.05) is 30.3 Å². The Hall–Kier alpha value is -1.70. The minimum atomic E-state index is -0.0723. The first-order valence-corrected chi connectivity index (χ1v) is 8.29. The highest BCUT2D eigenvalue weighted by atomic mass is 16.5. The number of rotatable bonds is 3. The van der Waals surface area contributed by atoms with Crippen LogP contribution in [0.3, 0.4) is 0 Å². The monoisotopic (exact) mass is 297 g/mol. The van der Waals surface area contributed by atoms with E-state index >= 15 is 0 Å². The van der Waals surface area contributed by atoms with E-state index in [4.69, 9.17) is 10.5 Å². The van der Waals surface area contributed by atoms with Gasteiger partial charge in [-0.2, -0.15) is 0 Å². The molecule has 1 aliphatic carbocycles. The molecule has 1 aliphatic heterocycles. The molecule has 0 aromatic heterocycles. The van der Waals surface area contributed by atoms with Gasteiger partial charge in [-0.3, -0.25) is 0 Å². The summed E-state index contributed by atoms with van der Waals surface area (Å²) in [7, 11) is 0. The second-order valence-electron chi connectivity index (χ2n) is 7.37. The number of ether oxygens (including phenoxy) is 1. The summed E-state index contributed by atoms with van der Waals surface area (Å²) in [6.45, 7) is 8.66. The second-order valence-corrected chi connectivity index (χ2v) is 7.37. The molecule has 1 aromatic carbocycles. The van der Waals surface area contributed by atoms with E-state index < -0.39 is 0 Å². The first kappa shape index (κ1) is 15.2. The molecule has 22 heavy (non-hydrogen) atoms. The van der Waals surface area contributed by atoms with E-state index in [1.807, 2.05) is 0 Å². The number of allylic oxidation sites excluding steroid dienone is 4. The van der Waals surface area contributed by atoms with Gasteiger partial charge in [0.15, 0.2) is 0 Å². The molecule has 0 radical (unpaired) electrons. The third kappa shape index (κ3) is 2.67. The zero-order chi connectivity index (χ0) is 15.9. The molecule has 1 aromatic rings. The van der Waals surface area contributed by atoms with Crippen molar-refractivity contribution in [1.82, 2.24) is 0 Å². The predicted molar refractivity (Wildman–Crippen MR) is 91.1 cm³/mol. The molecule has 0 saturated carbocycles. The fourth-order valence-corrected chi connectivity index (χ4v) is 3.94. The van der Waals surface area contributed by atoms with Crippen molar-refractivity contribution in [2.75, 3.05) is 0 Å². The molecular formula is C20H27NO. The Bertz CT molecular complexity index is 624. The van der Waals surface area contributed by atoms with Crippen LogP contribution in [0.5, 0.6) is 0 Å². The normalized spacial score (nSPS) is 26.9. The summed E-state index contributed by atoms with van der Waals surface area (Å²) in [5.41, 5.74) is 11.4. The third-order valence-electron chi connectivity index (χ3n) is 5.27. The molecule has 1 fully saturated rings. The Morgan fingerprint density at radius 2 is 1.82 bits per heavy atom. The summed E-state index contributed by atoms with van der Waals surface area (Å²) >= 11 is 0. The van der Waals surface area contributed by atoms with Crippen LogP contribution in [-0.2, 0) is 11.2 Å². The van der Waals surface area contributed by atoms with Gasteiger partial charge in [-0.15, -0.1) is 0 Å². The van der Waals surface area contributed by atoms with Crippen LogP contribution in [0.15, 0.2) is 52.9 Å². The molecule has 1 heterocycles. The van der Waals surface area contributed by atoms with Crippen molar-refractivity contribution >= 4 is 0 Å². The maximum absolute atomic E-state index is 6.51. The number of benzene rings is 1. The van der Waals surface area contributed by atoms with Crippen molar-refractivity contribution in [1.29, 1.82) is 0 Å². The van der Waals surface area contributed by atoms with Crippen LogP contribution in [0, 0.1) is 11.8 Å². The van der Waals surface area contributed by atoms with Gasteiger partial charge in [-0.25, -0.2) is 0 Å². The van der Waals surface area contributed by atoms with E-state index in [1.165, 1.54) is 22.5 Å². The first-order chi connectivity index (χ1) is 10.4. The van der Waals surface area contributed by atoms with E-state index in [-0.39, 0.29) is 5.60 Å². The lowest BCUT2D eigenvalue weighted by atomic mass is 9.74. The van der Waals surface area contributed by atoms with Gasteiger partial charge in [-0.05, 0) is 63.7 Å². The lowest BCUT2D eigenvalue weighted by molar-refractivity contribution is 0.0750. The fourth-order valence-electron chi connectivity index (χ4n) is 3.94. The van der Waals surface area contributed by atoms with Crippen LogP contribution in [0.1, 0.15) is 46.1 Å². The van der Waals surface area contributed by atoms with Crippen molar-refractivity contribution in [2.24, 2.45) is 17.6 Å². The van der Waals surface area contributed by atoms with Crippen LogP contribution < -0.4 is 5.73 Å². The third-order valence-corrected chi connectivity index (χ3v) is 5.27. The molecule has 2 nitrogen and oxygen atoms in total. The smallest absolute Gasteiger partial charge is 0.104 e. The Balaban J connectivity index is 1.84. The van der Waals surface area contributed by atoms with Crippen LogP contribution in [0.4, 0.5) is 0 Å². The maximum atomic E-state index is 6.51. The highest BCUT2D eigenvalue weighted by Gasteiger charge is 2.45. The van der Waals surface area contributed by atoms with Crippen molar-refractivity contribution < 1.29 is 4.74 Å². The average Bonchev–Trinajstić information content (AvgIpc) is 2.82. The molecule has 2 N–H and O–H groups in total. The van der Waals surface area contributed by atoms with Crippen LogP contribution in [0.25, 0.3) is 0 Å². The zero-order valence-corrected chi connectivity index (χ0v) is 14.1. The maximum Gasteiger partial charge on any atom is 0.104 e. The van der Waals surface area contributed by atoms with Gasteiger partial charge in [0.25, 0.3) is 0 Å².